The van der Waals surface area contributed by atoms with Crippen molar-refractivity contribution < 1.29 is 0 Å². The number of nitrogens with zero attached hydrogens (tertiary/aromatic N) is 6. The van der Waals surface area contributed by atoms with Crippen LogP contribution in [0.3, 0.4) is 0 Å². The summed E-state index contributed by atoms with van der Waals surface area (Å²) in [6.07, 6.45) is 5.36. The summed E-state index contributed by atoms with van der Waals surface area (Å²) in [5.74, 6) is 1.35. The van der Waals surface area contributed by atoms with E-state index in [1.165, 1.54) is 5.69 Å². The second-order valence-corrected chi connectivity index (χ2v) is 7.03. The smallest absolute Gasteiger partial charge is 0.191 e. The zero-order valence-corrected chi connectivity index (χ0v) is 18.9. The highest BCUT2D eigenvalue weighted by Crippen LogP contribution is 2.19. The van der Waals surface area contributed by atoms with Crippen LogP contribution in [-0.2, 0) is 6.54 Å². The van der Waals surface area contributed by atoms with Crippen LogP contribution in [0.25, 0.3) is 5.82 Å². The van der Waals surface area contributed by atoms with Crippen LogP contribution < -0.4 is 10.6 Å². The van der Waals surface area contributed by atoms with Crippen molar-refractivity contribution in [1.82, 2.24) is 19.7 Å². The third-order valence-electron chi connectivity index (χ3n) is 4.77. The molecule has 3 heterocycles. The van der Waals surface area contributed by atoms with Gasteiger partial charge in [0.05, 0.1) is 6.54 Å². The second kappa shape index (κ2) is 9.93. The summed E-state index contributed by atoms with van der Waals surface area (Å²) < 4.78 is 1.73. The van der Waals surface area contributed by atoms with E-state index in [4.69, 9.17) is 17.3 Å². The van der Waals surface area contributed by atoms with Gasteiger partial charge in [0.1, 0.15) is 0 Å². The van der Waals surface area contributed by atoms with Gasteiger partial charge in [0.2, 0.25) is 0 Å². The summed E-state index contributed by atoms with van der Waals surface area (Å²) >= 11 is 5.97. The molecule has 7 nitrogen and oxygen atoms in total. The molecule has 0 bridgehead atoms. The number of hydrogen-bond donors (Lipinski definition) is 1. The SMILES string of the molecule is I.NC(=NCc1ccnc(-n2cccn2)c1)N1CCN(c2ccc(Cl)cc2)CC1. The lowest BCUT2D eigenvalue weighted by atomic mass is 10.2. The minimum absolute atomic E-state index is 0. The lowest BCUT2D eigenvalue weighted by Gasteiger charge is -2.36. The Hall–Kier alpha value is -2.33. The molecule has 1 aliphatic rings. The largest absolute Gasteiger partial charge is 0.370 e. The van der Waals surface area contributed by atoms with E-state index in [0.717, 1.165) is 42.6 Å². The third kappa shape index (κ3) is 5.39. The molecule has 0 aliphatic carbocycles. The first-order valence-corrected chi connectivity index (χ1v) is 9.57. The maximum absolute atomic E-state index is 6.24. The molecule has 29 heavy (non-hydrogen) atoms. The van der Waals surface area contributed by atoms with Gasteiger partial charge < -0.3 is 15.5 Å². The number of nitrogens with two attached hydrogens (primary N) is 1. The van der Waals surface area contributed by atoms with Crippen molar-refractivity contribution in [3.05, 3.63) is 71.6 Å². The van der Waals surface area contributed by atoms with Gasteiger partial charge in [-0.15, -0.1) is 24.0 Å². The quantitative estimate of drug-likeness (QED) is 0.323. The Kier molecular flexibility index (Phi) is 7.32. The van der Waals surface area contributed by atoms with Crippen molar-refractivity contribution in [3.63, 3.8) is 0 Å². The summed E-state index contributed by atoms with van der Waals surface area (Å²) in [5, 5.41) is 4.96. The van der Waals surface area contributed by atoms with Crippen molar-refractivity contribution in [2.24, 2.45) is 10.7 Å². The van der Waals surface area contributed by atoms with E-state index in [9.17, 15) is 0 Å². The van der Waals surface area contributed by atoms with Gasteiger partial charge in [0.25, 0.3) is 0 Å². The van der Waals surface area contributed by atoms with Crippen molar-refractivity contribution in [2.45, 2.75) is 6.54 Å². The van der Waals surface area contributed by atoms with E-state index in [2.05, 4.69) is 37.0 Å². The maximum atomic E-state index is 6.24. The Labute approximate surface area is 192 Å². The van der Waals surface area contributed by atoms with Gasteiger partial charge in [-0.25, -0.2) is 14.7 Å². The van der Waals surface area contributed by atoms with Gasteiger partial charge in [-0.2, -0.15) is 5.10 Å². The molecule has 0 unspecified atom stereocenters. The summed E-state index contributed by atoms with van der Waals surface area (Å²) in [6, 6.07) is 13.7. The first-order chi connectivity index (χ1) is 13.7. The van der Waals surface area contributed by atoms with E-state index in [0.29, 0.717) is 12.5 Å². The molecule has 1 aliphatic heterocycles. The number of aliphatic imine (C=N–C) groups is 1. The van der Waals surface area contributed by atoms with Gasteiger partial charge in [0, 0.05) is 55.5 Å². The highest BCUT2D eigenvalue weighted by atomic mass is 127. The highest BCUT2D eigenvalue weighted by Gasteiger charge is 2.18. The molecule has 9 heteroatoms. The highest BCUT2D eigenvalue weighted by molar-refractivity contribution is 14.0. The standard InChI is InChI=1S/C20H22ClN7.HI/c21-17-2-4-18(5-3-17)26-10-12-27(13-11-26)20(22)24-15-16-6-8-23-19(14-16)28-9-1-7-25-28;/h1-9,14H,10-13,15H2,(H2,22,24);1H. The van der Waals surface area contributed by atoms with Gasteiger partial charge >= 0.3 is 0 Å². The Morgan fingerprint density at radius 2 is 1.83 bits per heavy atom. The summed E-state index contributed by atoms with van der Waals surface area (Å²) in [7, 11) is 0. The zero-order chi connectivity index (χ0) is 19.3. The van der Waals surface area contributed by atoms with Crippen LogP contribution in [0.4, 0.5) is 5.69 Å². The second-order valence-electron chi connectivity index (χ2n) is 6.60. The minimum atomic E-state index is 0. The number of guanidine groups is 1. The molecule has 0 amide bonds. The zero-order valence-electron chi connectivity index (χ0n) is 15.9. The Bertz CT molecular complexity index is 936. The van der Waals surface area contributed by atoms with Crippen molar-refractivity contribution in [3.8, 4) is 5.82 Å². The number of rotatable bonds is 4. The fraction of sp³-hybridized carbons (Fsp3) is 0.250. The number of anilines is 1. The molecule has 1 saturated heterocycles. The molecule has 152 valence electrons. The van der Waals surface area contributed by atoms with Crippen LogP contribution in [0, 0.1) is 0 Å². The van der Waals surface area contributed by atoms with Crippen LogP contribution in [0.15, 0.2) is 66.0 Å². The van der Waals surface area contributed by atoms with Crippen LogP contribution in [0.2, 0.25) is 5.02 Å². The third-order valence-corrected chi connectivity index (χ3v) is 5.02. The van der Waals surface area contributed by atoms with E-state index < -0.39 is 0 Å². The molecular weight excluding hydrogens is 501 g/mol. The van der Waals surface area contributed by atoms with E-state index in [-0.39, 0.29) is 24.0 Å². The number of piperazine rings is 1. The van der Waals surface area contributed by atoms with Crippen LogP contribution in [0.5, 0.6) is 0 Å². The molecule has 2 aromatic heterocycles. The van der Waals surface area contributed by atoms with E-state index >= 15 is 0 Å². The predicted molar refractivity (Wildman–Crippen MR) is 127 cm³/mol. The number of aromatic nitrogens is 3. The Morgan fingerprint density at radius 3 is 2.52 bits per heavy atom. The average Bonchev–Trinajstić information content (AvgIpc) is 3.28. The van der Waals surface area contributed by atoms with Crippen LogP contribution >= 0.6 is 35.6 Å². The summed E-state index contributed by atoms with van der Waals surface area (Å²) in [4.78, 5) is 13.4. The monoisotopic (exact) mass is 523 g/mol. The van der Waals surface area contributed by atoms with Gasteiger partial charge in [-0.05, 0) is 48.0 Å². The molecule has 0 spiro atoms. The number of hydrogen-bond acceptors (Lipinski definition) is 4. The first-order valence-electron chi connectivity index (χ1n) is 9.19. The molecule has 1 aromatic carbocycles. The van der Waals surface area contributed by atoms with E-state index in [1.807, 2.05) is 36.5 Å². The molecule has 0 radical (unpaired) electrons. The molecule has 3 aromatic rings. The Balaban J connectivity index is 0.00000240. The lowest BCUT2D eigenvalue weighted by Crippen LogP contribution is -2.51. The molecule has 0 saturated carbocycles. The molecular formula is C20H23ClIN7. The molecule has 4 rings (SSSR count). The van der Waals surface area contributed by atoms with Crippen molar-refractivity contribution in [2.75, 3.05) is 31.1 Å². The molecule has 1 fully saturated rings. The predicted octanol–water partition coefficient (Wildman–Crippen LogP) is 3.18. The fourth-order valence-corrected chi connectivity index (χ4v) is 3.33. The van der Waals surface area contributed by atoms with Crippen molar-refractivity contribution in [1.29, 1.82) is 0 Å². The maximum Gasteiger partial charge on any atom is 0.191 e. The summed E-state index contributed by atoms with van der Waals surface area (Å²) in [6.45, 7) is 3.99. The summed E-state index contributed by atoms with van der Waals surface area (Å²) in [5.41, 5.74) is 8.47. The fourth-order valence-electron chi connectivity index (χ4n) is 3.21. The Morgan fingerprint density at radius 1 is 1.07 bits per heavy atom. The lowest BCUT2D eigenvalue weighted by molar-refractivity contribution is 0.380. The normalized spacial score (nSPS) is 14.6. The number of halogens is 2. The van der Waals surface area contributed by atoms with Gasteiger partial charge in [0.15, 0.2) is 11.8 Å². The topological polar surface area (TPSA) is 75.6 Å². The van der Waals surface area contributed by atoms with Gasteiger partial charge in [-0.1, -0.05) is 11.6 Å². The van der Waals surface area contributed by atoms with Gasteiger partial charge in [-0.3, -0.25) is 0 Å². The number of pyridine rings is 1. The van der Waals surface area contributed by atoms with Crippen LogP contribution in [-0.4, -0.2) is 51.8 Å². The van der Waals surface area contributed by atoms with E-state index in [1.54, 1.807) is 17.1 Å². The minimum Gasteiger partial charge on any atom is -0.370 e. The first kappa shape index (κ1) is 21.4. The molecule has 0 atom stereocenters. The average molecular weight is 524 g/mol. The van der Waals surface area contributed by atoms with Crippen LogP contribution in [0.1, 0.15) is 5.56 Å². The molecule has 2 N–H and O–H groups in total. The van der Waals surface area contributed by atoms with Crippen molar-refractivity contribution >= 4 is 47.2 Å². The number of benzene rings is 1.